The van der Waals surface area contributed by atoms with Gasteiger partial charge in [0.1, 0.15) is 23.3 Å². The molecule has 10 rings (SSSR count). The number of para-hydroxylation sites is 2. The summed E-state index contributed by atoms with van der Waals surface area (Å²) in [5, 5.41) is 3.50. The second-order valence-electron chi connectivity index (χ2n) is 15.0. The van der Waals surface area contributed by atoms with Crippen LogP contribution in [0.4, 0.5) is 24.5 Å². The lowest BCUT2D eigenvalue weighted by Crippen LogP contribution is -2.08. The van der Waals surface area contributed by atoms with Gasteiger partial charge >= 0.3 is 6.18 Å². The number of nitrogens with zero attached hydrogens (tertiary/aromatic N) is 10. The molecule has 0 fully saturated rings. The molecule has 0 N–H and O–H groups in total. The Hall–Kier alpha value is -8.29. The van der Waals surface area contributed by atoms with Crippen LogP contribution in [0.5, 0.6) is 0 Å². The topological polar surface area (TPSA) is 95.9 Å². The first-order chi connectivity index (χ1) is 29.9. The van der Waals surface area contributed by atoms with E-state index in [1.807, 2.05) is 122 Å². The third-order valence-corrected chi connectivity index (χ3v) is 11.0. The molecule has 0 radical (unpaired) electrons. The molecule has 0 aliphatic heterocycles. The number of rotatable bonds is 5. The molecule has 0 bridgehead atoms. The lowest BCUT2D eigenvalue weighted by atomic mass is 9.94. The summed E-state index contributed by atoms with van der Waals surface area (Å²) >= 11 is 0. The fourth-order valence-electron chi connectivity index (χ4n) is 8.60. The molecule has 4 heterocycles. The van der Waals surface area contributed by atoms with Gasteiger partial charge in [0, 0.05) is 32.7 Å². The number of aryl methyl sites for hydroxylation is 4. The molecule has 0 amide bonds. The summed E-state index contributed by atoms with van der Waals surface area (Å²) in [7, 11) is 0. The van der Waals surface area contributed by atoms with Gasteiger partial charge < -0.3 is 9.13 Å². The minimum atomic E-state index is -4.82. The van der Waals surface area contributed by atoms with Crippen molar-refractivity contribution in [2.24, 2.45) is 0 Å². The Balaban J connectivity index is 1.34. The molecule has 6 aromatic carbocycles. The van der Waals surface area contributed by atoms with Gasteiger partial charge in [-0.25, -0.2) is 39.6 Å². The van der Waals surface area contributed by atoms with Gasteiger partial charge in [0.15, 0.2) is 23.0 Å². The monoisotopic (exact) mass is 816 g/mol. The predicted octanol–water partition coefficient (Wildman–Crippen LogP) is 12.6. The Labute approximate surface area is 352 Å². The maximum Gasteiger partial charge on any atom is 0.415 e. The van der Waals surface area contributed by atoms with Crippen molar-refractivity contribution in [2.45, 2.75) is 33.9 Å². The number of hydrogen-bond acceptors (Lipinski definition) is 6. The molecule has 4 aromatic heterocycles. The van der Waals surface area contributed by atoms with E-state index in [4.69, 9.17) is 13.1 Å². The van der Waals surface area contributed by atoms with Crippen LogP contribution in [0.25, 0.3) is 98.6 Å². The fourth-order valence-corrected chi connectivity index (χ4v) is 8.60. The highest BCUT2D eigenvalue weighted by molar-refractivity contribution is 6.13. The van der Waals surface area contributed by atoms with Gasteiger partial charge in [0.25, 0.3) is 0 Å². The van der Waals surface area contributed by atoms with Crippen molar-refractivity contribution in [3.63, 3.8) is 0 Å². The van der Waals surface area contributed by atoms with Crippen LogP contribution in [0.2, 0.25) is 0 Å². The largest absolute Gasteiger partial charge is 0.415 e. The van der Waals surface area contributed by atoms with E-state index < -0.39 is 11.7 Å². The first-order valence-electron chi connectivity index (χ1n) is 19.5. The normalized spacial score (nSPS) is 11.8. The zero-order valence-corrected chi connectivity index (χ0v) is 33.6. The molecular weight excluding hydrogens is 786 g/mol. The molecule has 10 nitrogen and oxygen atoms in total. The second kappa shape index (κ2) is 14.2. The van der Waals surface area contributed by atoms with E-state index >= 15 is 0 Å². The summed E-state index contributed by atoms with van der Waals surface area (Å²) in [6.45, 7) is 23.7. The van der Waals surface area contributed by atoms with Crippen LogP contribution in [0, 0.1) is 40.8 Å². The molecule has 13 heteroatoms. The van der Waals surface area contributed by atoms with Crippen LogP contribution < -0.4 is 0 Å². The number of aromatic nitrogens is 8. The Morgan fingerprint density at radius 3 is 1.39 bits per heavy atom. The van der Waals surface area contributed by atoms with Crippen molar-refractivity contribution in [3.05, 3.63) is 167 Å². The van der Waals surface area contributed by atoms with Crippen LogP contribution in [-0.2, 0) is 6.18 Å². The molecule has 0 saturated heterocycles. The van der Waals surface area contributed by atoms with Gasteiger partial charge in [-0.1, -0.05) is 54.6 Å². The number of fused-ring (bicyclic) bond motifs is 6. The van der Waals surface area contributed by atoms with Gasteiger partial charge in [-0.2, -0.15) is 13.2 Å². The summed E-state index contributed by atoms with van der Waals surface area (Å²) in [4.78, 5) is 34.6. The fraction of sp³-hybridized carbons (Fsp3) is 0.102. The van der Waals surface area contributed by atoms with Crippen molar-refractivity contribution >= 4 is 55.0 Å². The standard InChI is InChI=1S/C49H31F3N10/c1-26-55-27(2)58-47(57-26)30-18-20-42-34(22-30)32-12-7-9-16-40(32)61(42)44-24-36(46-37(49(50,51)52)14-11-15-38(46)53-5)39(54-6)25-45(44)62-41-17-10-8-13-33(41)35-23-31(19-21-43(35)62)48-59-28(3)56-29(4)60-48/h7-25H,1-4H3. The Kier molecular flexibility index (Phi) is 8.68. The van der Waals surface area contributed by atoms with Gasteiger partial charge in [0.05, 0.1) is 52.1 Å². The third-order valence-electron chi connectivity index (χ3n) is 11.0. The minimum Gasteiger partial charge on any atom is -0.308 e. The zero-order chi connectivity index (χ0) is 43.0. The molecule has 0 spiro atoms. The van der Waals surface area contributed by atoms with Crippen molar-refractivity contribution < 1.29 is 13.2 Å². The van der Waals surface area contributed by atoms with Crippen molar-refractivity contribution in [1.82, 2.24) is 39.0 Å². The van der Waals surface area contributed by atoms with E-state index in [9.17, 15) is 13.2 Å². The van der Waals surface area contributed by atoms with Crippen LogP contribution in [-0.4, -0.2) is 39.0 Å². The highest BCUT2D eigenvalue weighted by atomic mass is 19.4. The molecule has 0 atom stereocenters. The zero-order valence-electron chi connectivity index (χ0n) is 33.6. The van der Waals surface area contributed by atoms with Crippen LogP contribution >= 0.6 is 0 Å². The molecule has 62 heavy (non-hydrogen) atoms. The van der Waals surface area contributed by atoms with Crippen molar-refractivity contribution in [3.8, 4) is 45.3 Å². The molecule has 0 unspecified atom stereocenters. The average molecular weight is 817 g/mol. The summed E-state index contributed by atoms with van der Waals surface area (Å²) in [5.41, 5.74) is 4.03. The van der Waals surface area contributed by atoms with Gasteiger partial charge in [-0.15, -0.1) is 0 Å². The molecule has 0 aliphatic carbocycles. The highest BCUT2D eigenvalue weighted by Gasteiger charge is 2.36. The minimum absolute atomic E-state index is 0.0139. The summed E-state index contributed by atoms with van der Waals surface area (Å²) in [6.07, 6.45) is -4.82. The first-order valence-corrected chi connectivity index (χ1v) is 19.5. The van der Waals surface area contributed by atoms with Gasteiger partial charge in [-0.05, 0) is 99.5 Å². The van der Waals surface area contributed by atoms with E-state index in [2.05, 4.69) is 39.6 Å². The summed E-state index contributed by atoms with van der Waals surface area (Å²) in [5.74, 6) is 3.40. The van der Waals surface area contributed by atoms with E-state index in [0.29, 0.717) is 46.3 Å². The number of halogens is 3. The van der Waals surface area contributed by atoms with Crippen LogP contribution in [0.15, 0.2) is 115 Å². The molecule has 0 aliphatic rings. The van der Waals surface area contributed by atoms with Crippen molar-refractivity contribution in [2.75, 3.05) is 0 Å². The Morgan fingerprint density at radius 1 is 0.468 bits per heavy atom. The Bertz CT molecular complexity index is 3570. The number of hydrogen-bond donors (Lipinski definition) is 0. The lowest BCUT2D eigenvalue weighted by molar-refractivity contribution is -0.137. The molecule has 10 aromatic rings. The van der Waals surface area contributed by atoms with Crippen LogP contribution in [0.3, 0.4) is 0 Å². The van der Waals surface area contributed by atoms with E-state index in [-0.39, 0.29) is 22.5 Å². The number of alkyl halides is 3. The SMILES string of the molecule is [C-]#[N+]c1cc(-n2c3ccccc3c3cc(-c4nc(C)nc(C)n4)ccc32)c(-n2c3ccccc3c3cc(-c4nc(C)nc(C)n4)ccc32)cc1-c1c([N+]#[C-])cccc1C(F)(F)F. The van der Waals surface area contributed by atoms with E-state index in [1.54, 1.807) is 12.1 Å². The quantitative estimate of drug-likeness (QED) is 0.161. The summed E-state index contributed by atoms with van der Waals surface area (Å²) in [6, 6.07) is 34.3. The van der Waals surface area contributed by atoms with Gasteiger partial charge in [0.2, 0.25) is 0 Å². The van der Waals surface area contributed by atoms with Gasteiger partial charge in [-0.3, -0.25) is 0 Å². The molecule has 0 saturated carbocycles. The predicted molar refractivity (Wildman–Crippen MR) is 235 cm³/mol. The maximum atomic E-state index is 14.9. The second-order valence-corrected chi connectivity index (χ2v) is 15.0. The smallest absolute Gasteiger partial charge is 0.308 e. The summed E-state index contributed by atoms with van der Waals surface area (Å²) < 4.78 is 48.9. The van der Waals surface area contributed by atoms with E-state index in [0.717, 1.165) is 60.8 Å². The van der Waals surface area contributed by atoms with E-state index in [1.165, 1.54) is 12.1 Å². The van der Waals surface area contributed by atoms with Crippen LogP contribution in [0.1, 0.15) is 28.9 Å². The lowest BCUT2D eigenvalue weighted by Gasteiger charge is -2.21. The maximum absolute atomic E-state index is 14.9. The molecule has 298 valence electrons. The Morgan fingerprint density at radius 2 is 0.919 bits per heavy atom. The third kappa shape index (κ3) is 6.09. The number of benzene rings is 6. The highest BCUT2D eigenvalue weighted by Crippen LogP contribution is 2.49. The first kappa shape index (κ1) is 37.9. The average Bonchev–Trinajstić information content (AvgIpc) is 3.76. The molecular formula is C49H31F3N10. The van der Waals surface area contributed by atoms with Crippen molar-refractivity contribution in [1.29, 1.82) is 0 Å².